The van der Waals surface area contributed by atoms with Crippen LogP contribution in [0.5, 0.6) is 0 Å². The molecule has 2 aliphatic rings. The van der Waals surface area contributed by atoms with Gasteiger partial charge >= 0.3 is 0 Å². The molecule has 16 heteroatoms. The summed E-state index contributed by atoms with van der Waals surface area (Å²) < 4.78 is 10.4. The van der Waals surface area contributed by atoms with Gasteiger partial charge in [0.15, 0.2) is 12.1 Å². The van der Waals surface area contributed by atoms with E-state index >= 15 is 0 Å². The number of hydrogen-bond donors (Lipinski definition) is 9. The summed E-state index contributed by atoms with van der Waals surface area (Å²) >= 11 is 1.87. The first-order valence-corrected chi connectivity index (χ1v) is 18.8. The zero-order chi connectivity index (χ0) is 39.2. The van der Waals surface area contributed by atoms with Gasteiger partial charge in [-0.2, -0.15) is 0 Å². The van der Waals surface area contributed by atoms with E-state index in [1.807, 2.05) is 11.8 Å². The molecule has 0 spiro atoms. The monoisotopic (exact) mass is 768 g/mol. The average Bonchev–Trinajstić information content (AvgIpc) is 3.15. The molecule has 15 nitrogen and oxygen atoms in total. The molecule has 4 rings (SSSR count). The molecule has 2 aromatic carbocycles. The Balaban J connectivity index is 0.000000319. The molecule has 0 aromatic heterocycles. The van der Waals surface area contributed by atoms with E-state index in [1.54, 1.807) is 0 Å². The number of aliphatic hydroxyl groups is 8. The van der Waals surface area contributed by atoms with Crippen LogP contribution in [0.4, 0.5) is 11.4 Å². The number of carbonyl (C=O) groups excluding carboxylic acids is 2. The van der Waals surface area contributed by atoms with E-state index in [0.29, 0.717) is 38.1 Å². The maximum atomic E-state index is 12.2. The van der Waals surface area contributed by atoms with Crippen molar-refractivity contribution in [2.45, 2.75) is 123 Å². The molecule has 53 heavy (non-hydrogen) atoms. The first-order valence-electron chi connectivity index (χ1n) is 18.0. The number of quaternary nitrogens is 1. The van der Waals surface area contributed by atoms with Gasteiger partial charge in [-0.1, -0.05) is 55.3 Å². The highest BCUT2D eigenvalue weighted by atomic mass is 32.2. The normalized spacial score (nSPS) is 23.8. The van der Waals surface area contributed by atoms with Crippen LogP contribution in [0.1, 0.15) is 51.9 Å². The molecule has 298 valence electrons. The zero-order valence-corrected chi connectivity index (χ0v) is 31.3. The third-order valence-corrected chi connectivity index (χ3v) is 10.6. The van der Waals surface area contributed by atoms with Crippen molar-refractivity contribution < 1.29 is 69.9 Å². The number of anilines is 2. The highest BCUT2D eigenvalue weighted by molar-refractivity contribution is 7.99. The summed E-state index contributed by atoms with van der Waals surface area (Å²) in [7, 11) is 4.45. The summed E-state index contributed by atoms with van der Waals surface area (Å²) in [6.07, 6.45) is -13.7. The van der Waals surface area contributed by atoms with Crippen LogP contribution in [-0.2, 0) is 19.1 Å². The number of aliphatic carboxylic acids is 1. The predicted molar refractivity (Wildman–Crippen MR) is 192 cm³/mol. The molecule has 10 atom stereocenters. The Kier molecular flexibility index (Phi) is 18.5. The van der Waals surface area contributed by atoms with Crippen LogP contribution in [0.2, 0.25) is 0 Å². The fourth-order valence-corrected chi connectivity index (χ4v) is 6.98. The van der Waals surface area contributed by atoms with E-state index in [2.05, 4.69) is 74.4 Å². The van der Waals surface area contributed by atoms with E-state index < -0.39 is 80.1 Å². The van der Waals surface area contributed by atoms with Gasteiger partial charge in [-0.05, 0) is 50.5 Å². The van der Waals surface area contributed by atoms with Gasteiger partial charge in [0.1, 0.15) is 54.9 Å². The van der Waals surface area contributed by atoms with Crippen molar-refractivity contribution in [1.29, 1.82) is 0 Å². The summed E-state index contributed by atoms with van der Waals surface area (Å²) in [5.74, 6) is -1.90. The SMILES string of the molecule is CC(CN1c2ccccc2Sc2ccccc21)[NH+](C)C.O=C([O-])CCCCCCCC(=O)C(O)[C@@H](O)[C@H](O[C@@H]1OC(CO)[C@@H](O)[C@H](O)C1O)C(O)CO. The number of ketones is 1. The maximum Gasteiger partial charge on any atom is 0.187 e. The molecule has 0 aliphatic carbocycles. The Labute approximate surface area is 314 Å². The number of para-hydroxylation sites is 2. The minimum absolute atomic E-state index is 0.0488. The fraction of sp³-hybridized carbons (Fsp3) is 0.622. The second kappa shape index (κ2) is 22.0. The number of likely N-dealkylation sites (N-methyl/N-ethyl adjacent to an activating group) is 1. The van der Waals surface area contributed by atoms with Crippen LogP contribution in [0.25, 0.3) is 0 Å². The van der Waals surface area contributed by atoms with Crippen LogP contribution in [0.3, 0.4) is 0 Å². The number of fused-ring (bicyclic) bond motifs is 2. The molecule has 5 unspecified atom stereocenters. The van der Waals surface area contributed by atoms with Gasteiger partial charge in [0.25, 0.3) is 0 Å². The van der Waals surface area contributed by atoms with Crippen molar-refractivity contribution in [3.05, 3.63) is 48.5 Å². The van der Waals surface area contributed by atoms with Crippen LogP contribution < -0.4 is 14.9 Å². The second-order valence-corrected chi connectivity index (χ2v) is 14.8. The number of unbranched alkanes of at least 4 members (excludes halogenated alkanes) is 4. The quantitative estimate of drug-likeness (QED) is 0.0711. The predicted octanol–water partition coefficient (Wildman–Crippen LogP) is -1.88. The highest BCUT2D eigenvalue weighted by Gasteiger charge is 2.47. The summed E-state index contributed by atoms with van der Waals surface area (Å²) in [5, 5.41) is 89.2. The van der Waals surface area contributed by atoms with Crippen molar-refractivity contribution in [2.75, 3.05) is 38.8 Å². The lowest BCUT2D eigenvalue weighted by atomic mass is 9.96. The third kappa shape index (κ3) is 12.7. The summed E-state index contributed by atoms with van der Waals surface area (Å²) in [6, 6.07) is 18.0. The number of aliphatic hydroxyl groups excluding tert-OH is 8. The molecule has 1 saturated heterocycles. The van der Waals surface area contributed by atoms with Crippen molar-refractivity contribution in [2.24, 2.45) is 0 Å². The number of carboxylic acids is 1. The van der Waals surface area contributed by atoms with Crippen LogP contribution >= 0.6 is 11.8 Å². The number of nitrogens with one attached hydrogen (secondary N) is 1. The third-order valence-electron chi connectivity index (χ3n) is 9.47. The van der Waals surface area contributed by atoms with Gasteiger partial charge in [0.05, 0.1) is 45.2 Å². The van der Waals surface area contributed by atoms with E-state index in [1.165, 1.54) is 26.1 Å². The topological polar surface area (TPSA) is 245 Å². The number of benzene rings is 2. The highest BCUT2D eigenvalue weighted by Crippen LogP contribution is 2.47. The lowest BCUT2D eigenvalue weighted by Gasteiger charge is -2.42. The zero-order valence-electron chi connectivity index (χ0n) is 30.4. The van der Waals surface area contributed by atoms with Gasteiger partial charge in [0, 0.05) is 22.2 Å². The number of carboxylic acid groups (broad SMARTS) is 1. The second-order valence-electron chi connectivity index (χ2n) is 13.7. The van der Waals surface area contributed by atoms with Gasteiger partial charge in [-0.3, -0.25) is 4.79 Å². The number of rotatable bonds is 19. The molecule has 0 radical (unpaired) electrons. The fourth-order valence-electron chi connectivity index (χ4n) is 5.89. The largest absolute Gasteiger partial charge is 0.550 e. The molecule has 0 amide bonds. The lowest BCUT2D eigenvalue weighted by Crippen LogP contribution is -3.10. The van der Waals surface area contributed by atoms with Gasteiger partial charge < -0.3 is 70.0 Å². The molecule has 2 aromatic rings. The van der Waals surface area contributed by atoms with E-state index in [0.717, 1.165) is 6.54 Å². The van der Waals surface area contributed by atoms with Crippen molar-refractivity contribution in [1.82, 2.24) is 0 Å². The van der Waals surface area contributed by atoms with Gasteiger partial charge in [-0.25, -0.2) is 0 Å². The molecular formula is C37H56N2O13S. The number of carbonyl (C=O) groups is 2. The molecule has 0 bridgehead atoms. The average molecular weight is 769 g/mol. The minimum atomic E-state index is -2.05. The number of Topliss-reactive ketones (excluding diaryl/α,β-unsaturated/α-hetero) is 1. The Morgan fingerprint density at radius 3 is 1.94 bits per heavy atom. The summed E-state index contributed by atoms with van der Waals surface area (Å²) in [5.41, 5.74) is 2.67. The van der Waals surface area contributed by atoms with Crippen molar-refractivity contribution in [3.63, 3.8) is 0 Å². The molecule has 2 aliphatic heterocycles. The van der Waals surface area contributed by atoms with E-state index in [4.69, 9.17) is 9.47 Å². The van der Waals surface area contributed by atoms with Gasteiger partial charge in [-0.15, -0.1) is 0 Å². The van der Waals surface area contributed by atoms with Crippen molar-refractivity contribution in [3.8, 4) is 0 Å². The minimum Gasteiger partial charge on any atom is -0.550 e. The first kappa shape index (κ1) is 44.7. The Morgan fingerprint density at radius 2 is 1.42 bits per heavy atom. The van der Waals surface area contributed by atoms with Crippen LogP contribution in [-0.4, -0.2) is 148 Å². The molecule has 9 N–H and O–H groups in total. The molecular weight excluding hydrogens is 712 g/mol. The first-order chi connectivity index (χ1) is 25.2. The number of nitrogens with zero attached hydrogens (tertiary/aromatic N) is 1. The summed E-state index contributed by atoms with van der Waals surface area (Å²) in [4.78, 5) is 29.2. The van der Waals surface area contributed by atoms with Crippen LogP contribution in [0.15, 0.2) is 58.3 Å². The maximum absolute atomic E-state index is 12.2. The number of ether oxygens (including phenoxy) is 2. The van der Waals surface area contributed by atoms with E-state index in [-0.39, 0.29) is 12.8 Å². The van der Waals surface area contributed by atoms with E-state index in [9.17, 15) is 55.5 Å². The Morgan fingerprint density at radius 1 is 0.868 bits per heavy atom. The summed E-state index contributed by atoms with van der Waals surface area (Å²) in [6.45, 7) is 1.64. The Bertz CT molecular complexity index is 1370. The molecule has 2 heterocycles. The van der Waals surface area contributed by atoms with Crippen molar-refractivity contribution >= 4 is 34.9 Å². The standard InChI is InChI=1S/C20H36O13.C17H20N2S/c21-8-11(24)19(33-20-18(31)16(29)15(28)12(9-22)32-20)17(30)14(27)10(23)6-4-2-1-3-5-7-13(25)26;1-13(18(2)3)12-19-14-8-4-6-10-16(14)20-17-11-7-5-9-15(17)19/h11-12,14-22,24,27-31H,1-9H2,(H,25,26);4-11,13H,12H2,1-3H3/t11?,12?,14?,15-,16+,17-,18?,19-,20+;/m1./s1. The van der Waals surface area contributed by atoms with Crippen LogP contribution in [0, 0.1) is 0 Å². The Hall–Kier alpha value is -2.71. The lowest BCUT2D eigenvalue weighted by molar-refractivity contribution is -0.881. The molecule has 0 saturated carbocycles. The number of hydrogen-bond acceptors (Lipinski definition) is 15. The molecule has 1 fully saturated rings. The van der Waals surface area contributed by atoms with Gasteiger partial charge in [0.2, 0.25) is 0 Å². The smallest absolute Gasteiger partial charge is 0.187 e.